The fourth-order valence-corrected chi connectivity index (χ4v) is 36.0. The third-order valence-electron chi connectivity index (χ3n) is 16.9. The second kappa shape index (κ2) is 34.1. The van der Waals surface area contributed by atoms with Crippen molar-refractivity contribution in [2.75, 3.05) is 4.44 Å². The van der Waals surface area contributed by atoms with Gasteiger partial charge >= 0.3 is 5.51 Å². The van der Waals surface area contributed by atoms with Crippen molar-refractivity contribution in [2.45, 2.75) is 243 Å². The molecule has 1 nitrogen and oxygen atoms in total. The van der Waals surface area contributed by atoms with Crippen LogP contribution in [0.15, 0.2) is 132 Å². The monoisotopic (exact) mass is 1160 g/mol. The number of anilines is 1. The first kappa shape index (κ1) is 65.4. The molecular formula is C67H102F3NP2SSi3. The highest BCUT2D eigenvalue weighted by Gasteiger charge is 2.40. The normalized spacial score (nSPS) is 12.9. The Labute approximate surface area is 479 Å². The highest BCUT2D eigenvalue weighted by atomic mass is 32.2. The molecule has 77 heavy (non-hydrogen) atoms. The predicted molar refractivity (Wildman–Crippen MR) is 353 cm³/mol. The minimum absolute atomic E-state index is 0.0615. The molecule has 0 spiro atoms. The Hall–Kier alpha value is -2.45. The molecule has 5 aromatic carbocycles. The Morgan fingerprint density at radius 1 is 0.351 bits per heavy atom. The summed E-state index contributed by atoms with van der Waals surface area (Å²) < 4.78 is 47.6. The maximum Gasteiger partial charge on any atom is 0.446 e. The summed E-state index contributed by atoms with van der Waals surface area (Å²) in [6.45, 7) is 21.1. The number of halogens is 3. The molecule has 0 saturated heterocycles. The lowest BCUT2D eigenvalue weighted by Crippen LogP contribution is -2.48. The van der Waals surface area contributed by atoms with Crippen LogP contribution >= 0.6 is 27.9 Å². The average molecular weight is 1160 g/mol. The Kier molecular flexibility index (Phi) is 28.9. The number of thioether (sulfide) groups is 1. The Bertz CT molecular complexity index is 2230. The zero-order valence-corrected chi connectivity index (χ0v) is 55.2. The second-order valence-corrected chi connectivity index (χ2v) is 42.1. The van der Waals surface area contributed by atoms with Gasteiger partial charge in [0.15, 0.2) is 0 Å². The van der Waals surface area contributed by atoms with E-state index in [2.05, 4.69) is 170 Å². The van der Waals surface area contributed by atoms with E-state index < -0.39 is 45.9 Å². The standard InChI is InChI=1S/C67H102F3NP2SSi3/c1-10-19-49-75(50-20-11-2,51-21-12-3)62-43-37-59(38-44-62)72(60-39-45-63(46-40-60)76(52-22-13-4,53-23-14-5)54-24-15-6)71(58-33-29-28-30-34-58)73(65-35-31-32-36-66(65)74-67(68,69)70)61-41-47-64(48-42-61)77(55-25-16-7,56-26-17-8)57-27-18-9/h28-48H,10-27,49-57H2,1-9H3. The van der Waals surface area contributed by atoms with Gasteiger partial charge in [-0.25, -0.2) is 0 Å². The maximum atomic E-state index is 15.0. The van der Waals surface area contributed by atoms with E-state index in [1.165, 1.54) is 186 Å². The van der Waals surface area contributed by atoms with Crippen LogP contribution in [0.5, 0.6) is 0 Å². The summed E-state index contributed by atoms with van der Waals surface area (Å²) in [5.74, 6) is 0. The minimum Gasteiger partial charge on any atom is -0.313 e. The first-order valence-corrected chi connectivity index (χ1v) is 42.3. The van der Waals surface area contributed by atoms with Crippen molar-refractivity contribution in [3.05, 3.63) is 127 Å². The second-order valence-electron chi connectivity index (χ2n) is 22.7. The molecular weight excluding hydrogens is 1050 g/mol. The zero-order valence-electron chi connectivity index (χ0n) is 49.6. The molecule has 0 heterocycles. The SMILES string of the molecule is CCCC[Si](CCCC)(CCCC)c1ccc(P(c2ccc([Si](CCCC)(CCCC)CCCC)cc2)N(c2ccccc2)P(c2ccc([Si](CCCC)(CCCC)CCCC)cc2)c2ccccc2SC(F)(F)F)cc1. The fourth-order valence-electron chi connectivity index (χ4n) is 12.4. The van der Waals surface area contributed by atoms with Gasteiger partial charge in [0.2, 0.25) is 0 Å². The van der Waals surface area contributed by atoms with Crippen LogP contribution in [0.25, 0.3) is 0 Å². The third-order valence-corrected chi connectivity index (χ3v) is 39.9. The van der Waals surface area contributed by atoms with Crippen LogP contribution in [0.3, 0.4) is 0 Å². The van der Waals surface area contributed by atoms with E-state index >= 15 is 0 Å². The molecule has 1 unspecified atom stereocenters. The smallest absolute Gasteiger partial charge is 0.313 e. The van der Waals surface area contributed by atoms with Crippen LogP contribution in [0.4, 0.5) is 18.9 Å². The first-order valence-electron chi connectivity index (χ1n) is 31.0. The summed E-state index contributed by atoms with van der Waals surface area (Å²) in [7, 11) is -8.44. The van der Waals surface area contributed by atoms with Crippen LogP contribution in [0.2, 0.25) is 54.4 Å². The molecule has 5 rings (SSSR count). The Morgan fingerprint density at radius 2 is 0.623 bits per heavy atom. The van der Waals surface area contributed by atoms with Gasteiger partial charge in [-0.05, 0) is 30.0 Å². The number of nitrogens with zero attached hydrogens (tertiary/aromatic N) is 1. The van der Waals surface area contributed by atoms with Crippen molar-refractivity contribution in [1.82, 2.24) is 0 Å². The highest BCUT2D eigenvalue weighted by molar-refractivity contribution is 8.01. The molecule has 0 aliphatic carbocycles. The van der Waals surface area contributed by atoms with Crippen molar-refractivity contribution in [1.29, 1.82) is 0 Å². The van der Waals surface area contributed by atoms with E-state index in [9.17, 15) is 13.2 Å². The zero-order chi connectivity index (χ0) is 55.6. The van der Waals surface area contributed by atoms with Gasteiger partial charge in [-0.1, -0.05) is 357 Å². The van der Waals surface area contributed by atoms with Gasteiger partial charge in [-0.3, -0.25) is 0 Å². The van der Waals surface area contributed by atoms with Crippen molar-refractivity contribution >= 4 is 94.6 Å². The topological polar surface area (TPSA) is 3.24 Å². The van der Waals surface area contributed by atoms with Gasteiger partial charge in [-0.2, -0.15) is 13.2 Å². The maximum absolute atomic E-state index is 15.0. The quantitative estimate of drug-likeness (QED) is 0.0220. The summed E-state index contributed by atoms with van der Waals surface area (Å²) in [6, 6.07) is 60.1. The molecule has 0 aliphatic heterocycles. The number of alkyl halides is 3. The van der Waals surface area contributed by atoms with E-state index in [1.54, 1.807) is 22.5 Å². The van der Waals surface area contributed by atoms with E-state index in [0.717, 1.165) is 16.3 Å². The number of benzene rings is 5. The molecule has 0 bridgehead atoms. The highest BCUT2D eigenvalue weighted by Crippen LogP contribution is 2.58. The molecule has 424 valence electrons. The molecule has 0 aliphatic rings. The van der Waals surface area contributed by atoms with Crippen LogP contribution < -0.4 is 41.2 Å². The van der Waals surface area contributed by atoms with Crippen LogP contribution in [0.1, 0.15) is 178 Å². The lowest BCUT2D eigenvalue weighted by Gasteiger charge is -2.42. The molecule has 0 radical (unpaired) electrons. The number of para-hydroxylation sites is 1. The molecule has 0 amide bonds. The summed E-state index contributed by atoms with van der Waals surface area (Å²) in [6.07, 6.45) is 22.3. The fraction of sp³-hybridized carbons (Fsp3) is 0.552. The average Bonchev–Trinajstić information content (AvgIpc) is 3.46. The lowest BCUT2D eigenvalue weighted by atomic mass is 10.3. The van der Waals surface area contributed by atoms with Gasteiger partial charge in [0, 0.05) is 31.8 Å². The molecule has 1 atom stereocenters. The lowest BCUT2D eigenvalue weighted by molar-refractivity contribution is -0.0327. The summed E-state index contributed by atoms with van der Waals surface area (Å²) in [5.41, 5.74) is -3.38. The van der Waals surface area contributed by atoms with Gasteiger partial charge in [-0.15, -0.1) is 0 Å². The minimum atomic E-state index is -4.44. The van der Waals surface area contributed by atoms with Gasteiger partial charge in [0.05, 0.1) is 40.4 Å². The van der Waals surface area contributed by atoms with Gasteiger partial charge in [0.1, 0.15) is 0 Å². The van der Waals surface area contributed by atoms with Gasteiger partial charge < -0.3 is 4.44 Å². The van der Waals surface area contributed by atoms with Gasteiger partial charge in [0.25, 0.3) is 0 Å². The van der Waals surface area contributed by atoms with E-state index in [-0.39, 0.29) is 11.8 Å². The van der Waals surface area contributed by atoms with Crippen LogP contribution in [-0.4, -0.2) is 29.7 Å². The van der Waals surface area contributed by atoms with Crippen LogP contribution in [0, 0.1) is 0 Å². The largest absolute Gasteiger partial charge is 0.446 e. The van der Waals surface area contributed by atoms with E-state index in [0.29, 0.717) is 4.90 Å². The molecule has 10 heteroatoms. The number of rotatable bonds is 38. The summed E-state index contributed by atoms with van der Waals surface area (Å²) in [5, 5.41) is 9.15. The number of hydrogen-bond acceptors (Lipinski definition) is 2. The third kappa shape index (κ3) is 18.5. The number of hydrogen-bond donors (Lipinski definition) is 0. The number of unbranched alkanes of at least 4 members (excludes halogenated alkanes) is 9. The molecule has 0 N–H and O–H groups in total. The van der Waals surface area contributed by atoms with Crippen LogP contribution in [-0.2, 0) is 0 Å². The Morgan fingerprint density at radius 3 is 0.909 bits per heavy atom. The molecule has 0 fully saturated rings. The van der Waals surface area contributed by atoms with E-state index in [4.69, 9.17) is 0 Å². The molecule has 5 aromatic rings. The first-order chi connectivity index (χ1) is 37.4. The predicted octanol–water partition coefficient (Wildman–Crippen LogP) is 20.4. The summed E-state index contributed by atoms with van der Waals surface area (Å²) in [4.78, 5) is 0.298. The van der Waals surface area contributed by atoms with Crippen molar-refractivity contribution in [3.63, 3.8) is 0 Å². The molecule has 0 aromatic heterocycles. The molecule has 0 saturated carbocycles. The van der Waals surface area contributed by atoms with E-state index in [1.807, 2.05) is 12.1 Å². The van der Waals surface area contributed by atoms with Crippen molar-refractivity contribution in [3.8, 4) is 0 Å². The van der Waals surface area contributed by atoms with Crippen molar-refractivity contribution < 1.29 is 13.2 Å². The Balaban J connectivity index is 1.90. The summed E-state index contributed by atoms with van der Waals surface area (Å²) >= 11 is 0.0615. The van der Waals surface area contributed by atoms with Crippen molar-refractivity contribution in [2.24, 2.45) is 0 Å².